The number of rotatable bonds is 1. The van der Waals surface area contributed by atoms with E-state index in [4.69, 9.17) is 0 Å². The molecule has 0 aliphatic carbocycles. The summed E-state index contributed by atoms with van der Waals surface area (Å²) in [4.78, 5) is 7.68. The number of aromatic nitrogens is 2. The topological polar surface area (TPSA) is 28.7 Å². The number of hydrogen-bond donors (Lipinski definition) is 1. The number of benzene rings is 1. The fraction of sp³-hybridized carbons (Fsp3) is 0.250. The minimum absolute atomic E-state index is 0.971. The normalized spacial score (nSPS) is 10.5. The molecular weight excluding hydrogens is 172 g/mol. The van der Waals surface area contributed by atoms with E-state index >= 15 is 0 Å². The molecule has 0 fully saturated rings. The predicted molar refractivity (Wildman–Crippen MR) is 58.2 cm³/mol. The Morgan fingerprint density at radius 2 is 1.93 bits per heavy atom. The second kappa shape index (κ2) is 3.29. The van der Waals surface area contributed by atoms with Crippen LogP contribution in [-0.2, 0) is 0 Å². The third-order valence-electron chi connectivity index (χ3n) is 2.29. The SMILES string of the molecule is Cc1cccc(-c2nc(C)[nH]c2C)c1. The van der Waals surface area contributed by atoms with Crippen molar-refractivity contribution in [3.63, 3.8) is 0 Å². The van der Waals surface area contributed by atoms with E-state index in [1.165, 1.54) is 11.1 Å². The Hall–Kier alpha value is -1.57. The van der Waals surface area contributed by atoms with Gasteiger partial charge >= 0.3 is 0 Å². The summed E-state index contributed by atoms with van der Waals surface area (Å²) in [6.07, 6.45) is 0. The van der Waals surface area contributed by atoms with Crippen molar-refractivity contribution in [3.05, 3.63) is 41.3 Å². The summed E-state index contributed by atoms with van der Waals surface area (Å²) in [5.41, 5.74) is 4.65. The van der Waals surface area contributed by atoms with Crippen LogP contribution in [0, 0.1) is 20.8 Å². The first-order valence-electron chi connectivity index (χ1n) is 4.77. The highest BCUT2D eigenvalue weighted by Gasteiger charge is 2.05. The van der Waals surface area contributed by atoms with Gasteiger partial charge in [-0.25, -0.2) is 4.98 Å². The van der Waals surface area contributed by atoms with E-state index in [1.54, 1.807) is 0 Å². The van der Waals surface area contributed by atoms with Gasteiger partial charge in [-0.05, 0) is 26.8 Å². The van der Waals surface area contributed by atoms with E-state index in [1.807, 2.05) is 6.92 Å². The largest absolute Gasteiger partial charge is 0.346 e. The molecule has 0 saturated heterocycles. The van der Waals surface area contributed by atoms with Gasteiger partial charge in [0.15, 0.2) is 0 Å². The first-order valence-corrected chi connectivity index (χ1v) is 4.77. The standard InChI is InChI=1S/C12H14N2/c1-8-5-4-6-11(7-8)12-9(2)13-10(3)14-12/h4-7H,1-3H3,(H,13,14). The highest BCUT2D eigenvalue weighted by Crippen LogP contribution is 2.21. The van der Waals surface area contributed by atoms with E-state index in [2.05, 4.69) is 48.1 Å². The molecule has 0 radical (unpaired) electrons. The average Bonchev–Trinajstić information content (AvgIpc) is 2.45. The average molecular weight is 186 g/mol. The van der Waals surface area contributed by atoms with Gasteiger partial charge < -0.3 is 4.98 Å². The Morgan fingerprint density at radius 3 is 2.50 bits per heavy atom. The molecule has 1 heterocycles. The number of H-pyrrole nitrogens is 1. The maximum absolute atomic E-state index is 4.47. The van der Waals surface area contributed by atoms with E-state index in [0.29, 0.717) is 0 Å². The van der Waals surface area contributed by atoms with Crippen LogP contribution in [0.25, 0.3) is 11.3 Å². The maximum Gasteiger partial charge on any atom is 0.103 e. The van der Waals surface area contributed by atoms with Crippen LogP contribution in [0.1, 0.15) is 17.1 Å². The molecule has 0 bridgehead atoms. The van der Waals surface area contributed by atoms with Gasteiger partial charge in [0.1, 0.15) is 5.82 Å². The first kappa shape index (κ1) is 9.00. The lowest BCUT2D eigenvalue weighted by Gasteiger charge is -1.99. The third-order valence-corrected chi connectivity index (χ3v) is 2.29. The molecule has 0 spiro atoms. The molecule has 0 saturated carbocycles. The third kappa shape index (κ3) is 1.55. The molecule has 1 N–H and O–H groups in total. The summed E-state index contributed by atoms with van der Waals surface area (Å²) in [6.45, 7) is 6.13. The van der Waals surface area contributed by atoms with E-state index in [-0.39, 0.29) is 0 Å². The Morgan fingerprint density at radius 1 is 1.14 bits per heavy atom. The monoisotopic (exact) mass is 186 g/mol. The maximum atomic E-state index is 4.47. The van der Waals surface area contributed by atoms with Crippen molar-refractivity contribution in [1.29, 1.82) is 0 Å². The van der Waals surface area contributed by atoms with Crippen molar-refractivity contribution in [2.45, 2.75) is 20.8 Å². The fourth-order valence-electron chi connectivity index (χ4n) is 1.68. The highest BCUT2D eigenvalue weighted by atomic mass is 14.9. The van der Waals surface area contributed by atoms with Crippen LogP contribution in [0.5, 0.6) is 0 Å². The van der Waals surface area contributed by atoms with Crippen molar-refractivity contribution < 1.29 is 0 Å². The lowest BCUT2D eigenvalue weighted by Crippen LogP contribution is -1.82. The minimum Gasteiger partial charge on any atom is -0.346 e. The second-order valence-electron chi connectivity index (χ2n) is 3.67. The summed E-state index contributed by atoms with van der Waals surface area (Å²) < 4.78 is 0. The summed E-state index contributed by atoms with van der Waals surface area (Å²) in [7, 11) is 0. The quantitative estimate of drug-likeness (QED) is 0.728. The van der Waals surface area contributed by atoms with Crippen LogP contribution in [-0.4, -0.2) is 9.97 Å². The van der Waals surface area contributed by atoms with E-state index < -0.39 is 0 Å². The van der Waals surface area contributed by atoms with Gasteiger partial charge in [0.25, 0.3) is 0 Å². The van der Waals surface area contributed by atoms with Crippen molar-refractivity contribution >= 4 is 0 Å². The van der Waals surface area contributed by atoms with Crippen LogP contribution in [0.15, 0.2) is 24.3 Å². The zero-order valence-electron chi connectivity index (χ0n) is 8.76. The van der Waals surface area contributed by atoms with Crippen LogP contribution in [0.4, 0.5) is 0 Å². The lowest BCUT2D eigenvalue weighted by atomic mass is 10.1. The molecule has 1 aromatic carbocycles. The molecule has 1 aromatic heterocycles. The summed E-state index contributed by atoms with van der Waals surface area (Å²) in [5.74, 6) is 0.971. The fourth-order valence-corrected chi connectivity index (χ4v) is 1.68. The van der Waals surface area contributed by atoms with Gasteiger partial charge in [0.05, 0.1) is 5.69 Å². The number of aryl methyl sites for hydroxylation is 3. The molecule has 0 amide bonds. The molecule has 0 aliphatic heterocycles. The number of aromatic amines is 1. The molecule has 2 nitrogen and oxygen atoms in total. The minimum atomic E-state index is 0.971. The van der Waals surface area contributed by atoms with Gasteiger partial charge in [-0.2, -0.15) is 0 Å². The smallest absolute Gasteiger partial charge is 0.103 e. The second-order valence-corrected chi connectivity index (χ2v) is 3.67. The number of nitrogens with one attached hydrogen (secondary N) is 1. The van der Waals surface area contributed by atoms with Crippen LogP contribution in [0.3, 0.4) is 0 Å². The van der Waals surface area contributed by atoms with Crippen LogP contribution < -0.4 is 0 Å². The molecule has 2 aromatic rings. The lowest BCUT2D eigenvalue weighted by molar-refractivity contribution is 1.13. The van der Waals surface area contributed by atoms with Crippen molar-refractivity contribution in [2.75, 3.05) is 0 Å². The number of imidazole rings is 1. The summed E-state index contributed by atoms with van der Waals surface area (Å²) in [6, 6.07) is 8.41. The van der Waals surface area contributed by atoms with Gasteiger partial charge in [0, 0.05) is 11.3 Å². The van der Waals surface area contributed by atoms with Gasteiger partial charge in [-0.3, -0.25) is 0 Å². The van der Waals surface area contributed by atoms with Crippen molar-refractivity contribution in [3.8, 4) is 11.3 Å². The molecular formula is C12H14N2. The predicted octanol–water partition coefficient (Wildman–Crippen LogP) is 3.00. The zero-order chi connectivity index (χ0) is 10.1. The van der Waals surface area contributed by atoms with E-state index in [0.717, 1.165) is 17.2 Å². The molecule has 2 rings (SSSR count). The van der Waals surface area contributed by atoms with Gasteiger partial charge in [0.2, 0.25) is 0 Å². The van der Waals surface area contributed by atoms with Crippen molar-refractivity contribution in [1.82, 2.24) is 9.97 Å². The van der Waals surface area contributed by atoms with Gasteiger partial charge in [-0.15, -0.1) is 0 Å². The molecule has 0 atom stereocenters. The van der Waals surface area contributed by atoms with Crippen molar-refractivity contribution in [2.24, 2.45) is 0 Å². The molecule has 72 valence electrons. The molecule has 0 aliphatic rings. The number of hydrogen-bond acceptors (Lipinski definition) is 1. The summed E-state index contributed by atoms with van der Waals surface area (Å²) >= 11 is 0. The Balaban J connectivity index is 2.54. The first-order chi connectivity index (χ1) is 6.66. The van der Waals surface area contributed by atoms with Crippen LogP contribution in [0.2, 0.25) is 0 Å². The van der Waals surface area contributed by atoms with E-state index in [9.17, 15) is 0 Å². The molecule has 14 heavy (non-hydrogen) atoms. The zero-order valence-corrected chi connectivity index (χ0v) is 8.76. The number of nitrogens with zero attached hydrogens (tertiary/aromatic N) is 1. The Bertz CT molecular complexity index is 455. The summed E-state index contributed by atoms with van der Waals surface area (Å²) in [5, 5.41) is 0. The van der Waals surface area contributed by atoms with Crippen LogP contribution >= 0.6 is 0 Å². The highest BCUT2D eigenvalue weighted by molar-refractivity contribution is 5.62. The molecule has 2 heteroatoms. The van der Waals surface area contributed by atoms with Gasteiger partial charge in [-0.1, -0.05) is 23.8 Å². The molecule has 0 unspecified atom stereocenters. The Kier molecular flexibility index (Phi) is 2.12. The Labute approximate surface area is 84.0 Å².